The first kappa shape index (κ1) is 16.5. The number of nitrogens with zero attached hydrogens (tertiary/aromatic N) is 1. The van der Waals surface area contributed by atoms with Crippen molar-refractivity contribution in [1.29, 1.82) is 0 Å². The summed E-state index contributed by atoms with van der Waals surface area (Å²) in [6.07, 6.45) is -1.47. The average Bonchev–Trinajstić information content (AvgIpc) is 2.84. The molecular weight excluding hydrogens is 302 g/mol. The van der Waals surface area contributed by atoms with E-state index < -0.39 is 6.29 Å². The summed E-state index contributed by atoms with van der Waals surface area (Å²) in [5.74, 6) is 0.683. The van der Waals surface area contributed by atoms with E-state index in [0.29, 0.717) is 5.92 Å². The van der Waals surface area contributed by atoms with Crippen molar-refractivity contribution in [3.8, 4) is 11.5 Å². The number of benzene rings is 1. The maximum atomic E-state index is 13.5. The summed E-state index contributed by atoms with van der Waals surface area (Å²) in [5.41, 5.74) is 0.808. The number of rotatable bonds is 5. The minimum Gasteiger partial charge on any atom is -0.395 e. The summed E-state index contributed by atoms with van der Waals surface area (Å²) in [6, 6.07) is 5.26. The van der Waals surface area contributed by atoms with E-state index in [2.05, 4.69) is 28.8 Å². The van der Waals surface area contributed by atoms with Crippen molar-refractivity contribution in [3.63, 3.8) is 0 Å². The first-order valence-corrected chi connectivity index (χ1v) is 8.35. The smallest absolute Gasteiger partial charge is 0.395 e. The third-order valence-corrected chi connectivity index (χ3v) is 4.61. The molecule has 1 unspecified atom stereocenters. The maximum absolute atomic E-state index is 13.5. The van der Waals surface area contributed by atoms with E-state index in [-0.39, 0.29) is 17.5 Å². The van der Waals surface area contributed by atoms with Crippen LogP contribution in [0.2, 0.25) is 0 Å². The number of halogens is 2. The van der Waals surface area contributed by atoms with Gasteiger partial charge in [-0.1, -0.05) is 32.4 Å². The first-order valence-electron chi connectivity index (χ1n) is 8.35. The van der Waals surface area contributed by atoms with Gasteiger partial charge in [0, 0.05) is 37.8 Å². The third kappa shape index (κ3) is 3.43. The van der Waals surface area contributed by atoms with E-state index in [9.17, 15) is 8.78 Å². The molecule has 0 aromatic heterocycles. The van der Waals surface area contributed by atoms with Crippen LogP contribution in [0.25, 0.3) is 0 Å². The van der Waals surface area contributed by atoms with Crippen molar-refractivity contribution in [2.24, 2.45) is 5.92 Å². The fourth-order valence-corrected chi connectivity index (χ4v) is 3.66. The zero-order chi connectivity index (χ0) is 16.4. The highest BCUT2D eigenvalue weighted by Crippen LogP contribution is 2.48. The number of hydrogen-bond acceptors (Lipinski definition) is 4. The average molecular weight is 326 g/mol. The third-order valence-electron chi connectivity index (χ3n) is 4.61. The van der Waals surface area contributed by atoms with E-state index >= 15 is 0 Å². The van der Waals surface area contributed by atoms with E-state index in [4.69, 9.17) is 4.74 Å². The zero-order valence-electron chi connectivity index (χ0n) is 13.6. The van der Waals surface area contributed by atoms with Crippen molar-refractivity contribution < 1.29 is 18.3 Å². The van der Waals surface area contributed by atoms with Gasteiger partial charge in [-0.25, -0.2) is 0 Å². The molecule has 23 heavy (non-hydrogen) atoms. The molecule has 1 aromatic rings. The van der Waals surface area contributed by atoms with Crippen LogP contribution in [0.1, 0.15) is 38.3 Å². The lowest BCUT2D eigenvalue weighted by Crippen LogP contribution is -2.46. The van der Waals surface area contributed by atoms with Crippen molar-refractivity contribution in [2.75, 3.05) is 26.2 Å². The lowest BCUT2D eigenvalue weighted by atomic mass is 9.88. The Labute approximate surface area is 135 Å². The van der Waals surface area contributed by atoms with E-state index in [1.54, 1.807) is 12.1 Å². The molecule has 3 rings (SSSR count). The number of hydrogen-bond donors (Lipinski definition) is 1. The highest BCUT2D eigenvalue weighted by molar-refractivity contribution is 5.50. The van der Waals surface area contributed by atoms with Gasteiger partial charge in [0.15, 0.2) is 11.5 Å². The minimum atomic E-state index is -3.57. The normalized spacial score (nSPS) is 22.8. The number of alkyl halides is 2. The molecule has 0 saturated carbocycles. The van der Waals surface area contributed by atoms with Crippen molar-refractivity contribution >= 4 is 0 Å². The molecule has 0 bridgehead atoms. The number of para-hydroxylation sites is 1. The van der Waals surface area contributed by atoms with Gasteiger partial charge >= 0.3 is 6.29 Å². The van der Waals surface area contributed by atoms with E-state index in [0.717, 1.165) is 44.6 Å². The molecule has 4 nitrogen and oxygen atoms in total. The quantitative estimate of drug-likeness (QED) is 0.899. The van der Waals surface area contributed by atoms with Crippen LogP contribution >= 0.6 is 0 Å². The van der Waals surface area contributed by atoms with Gasteiger partial charge < -0.3 is 14.8 Å². The van der Waals surface area contributed by atoms with Gasteiger partial charge in [0.2, 0.25) is 0 Å². The Morgan fingerprint density at radius 3 is 2.70 bits per heavy atom. The Morgan fingerprint density at radius 2 is 2.00 bits per heavy atom. The number of ether oxygens (including phenoxy) is 2. The van der Waals surface area contributed by atoms with Crippen LogP contribution < -0.4 is 14.8 Å². The van der Waals surface area contributed by atoms with Gasteiger partial charge in [-0.3, -0.25) is 4.90 Å². The molecule has 1 fully saturated rings. The molecule has 128 valence electrons. The summed E-state index contributed by atoms with van der Waals surface area (Å²) in [5, 5.41) is 3.34. The summed E-state index contributed by atoms with van der Waals surface area (Å²) < 4.78 is 36.5. The first-order chi connectivity index (χ1) is 11.0. The Bertz CT molecular complexity index is 547. The molecule has 0 spiro atoms. The topological polar surface area (TPSA) is 33.7 Å². The summed E-state index contributed by atoms with van der Waals surface area (Å²) >= 11 is 0. The Morgan fingerprint density at radius 1 is 1.26 bits per heavy atom. The molecule has 1 saturated heterocycles. The molecule has 0 aliphatic carbocycles. The molecule has 1 aromatic carbocycles. The molecule has 2 aliphatic heterocycles. The second-order valence-electron chi connectivity index (χ2n) is 6.34. The van der Waals surface area contributed by atoms with Crippen LogP contribution in [-0.4, -0.2) is 37.4 Å². The predicted molar refractivity (Wildman–Crippen MR) is 83.9 cm³/mol. The van der Waals surface area contributed by atoms with Crippen molar-refractivity contribution in [3.05, 3.63) is 23.8 Å². The molecule has 2 atom stereocenters. The highest BCUT2D eigenvalue weighted by Gasteiger charge is 2.46. The van der Waals surface area contributed by atoms with Crippen LogP contribution in [0.5, 0.6) is 11.5 Å². The second kappa shape index (κ2) is 6.61. The monoisotopic (exact) mass is 326 g/mol. The molecule has 6 heteroatoms. The van der Waals surface area contributed by atoms with Crippen LogP contribution in [0, 0.1) is 5.92 Å². The van der Waals surface area contributed by atoms with Crippen molar-refractivity contribution in [2.45, 2.75) is 39.0 Å². The number of fused-ring (bicyclic) bond motifs is 1. The molecule has 2 heterocycles. The van der Waals surface area contributed by atoms with Gasteiger partial charge in [-0.05, 0) is 18.4 Å². The predicted octanol–water partition coefficient (Wildman–Crippen LogP) is 3.39. The number of nitrogens with one attached hydrogen (secondary N) is 1. The summed E-state index contributed by atoms with van der Waals surface area (Å²) in [7, 11) is 0. The Hall–Kier alpha value is -1.40. The molecular formula is C17H24F2N2O2. The van der Waals surface area contributed by atoms with Crippen LogP contribution in [0.4, 0.5) is 8.78 Å². The van der Waals surface area contributed by atoms with Gasteiger partial charge in [0.05, 0.1) is 0 Å². The number of piperazine rings is 1. The standard InChI is InChI=1S/C17H24F2N2O2/c1-3-5-12(2)15(21-10-8-20-9-11-21)13-6-4-7-14-16(13)23-17(18,19)22-14/h4,6-7,12,15,20H,3,5,8-11H2,1-2H3/t12?,15-/m0/s1. The van der Waals surface area contributed by atoms with Gasteiger partial charge in [-0.15, -0.1) is 8.78 Å². The largest absolute Gasteiger partial charge is 0.586 e. The Balaban J connectivity index is 1.96. The molecule has 1 N–H and O–H groups in total. The zero-order valence-corrected chi connectivity index (χ0v) is 13.6. The SMILES string of the molecule is CCCC(C)[C@@H](c1cccc2c1OC(F)(F)O2)N1CCNCC1. The van der Waals surface area contributed by atoms with E-state index in [1.807, 2.05) is 6.07 Å². The molecule has 0 amide bonds. The van der Waals surface area contributed by atoms with Gasteiger partial charge in [0.25, 0.3) is 0 Å². The minimum absolute atomic E-state index is 0.0597. The van der Waals surface area contributed by atoms with Crippen molar-refractivity contribution in [1.82, 2.24) is 10.2 Å². The van der Waals surface area contributed by atoms with Crippen LogP contribution in [0.3, 0.4) is 0 Å². The fraction of sp³-hybridized carbons (Fsp3) is 0.647. The summed E-state index contributed by atoms with van der Waals surface area (Å²) in [6.45, 7) is 7.97. The fourth-order valence-electron chi connectivity index (χ4n) is 3.66. The maximum Gasteiger partial charge on any atom is 0.586 e. The Kier molecular flexibility index (Phi) is 4.73. The van der Waals surface area contributed by atoms with Crippen LogP contribution in [-0.2, 0) is 0 Å². The summed E-state index contributed by atoms with van der Waals surface area (Å²) in [4.78, 5) is 2.37. The van der Waals surface area contributed by atoms with Gasteiger partial charge in [0.1, 0.15) is 0 Å². The highest BCUT2D eigenvalue weighted by atomic mass is 19.3. The molecule has 0 radical (unpaired) electrons. The molecule has 2 aliphatic rings. The lowest BCUT2D eigenvalue weighted by Gasteiger charge is -2.39. The second-order valence-corrected chi connectivity index (χ2v) is 6.34. The van der Waals surface area contributed by atoms with E-state index in [1.165, 1.54) is 0 Å². The lowest BCUT2D eigenvalue weighted by molar-refractivity contribution is -0.287. The van der Waals surface area contributed by atoms with Gasteiger partial charge in [-0.2, -0.15) is 0 Å². The van der Waals surface area contributed by atoms with Crippen LogP contribution in [0.15, 0.2) is 18.2 Å².